The summed E-state index contributed by atoms with van der Waals surface area (Å²) < 4.78 is 5.61. The van der Waals surface area contributed by atoms with Crippen LogP contribution in [0.15, 0.2) is 17.5 Å². The summed E-state index contributed by atoms with van der Waals surface area (Å²) in [5.74, 6) is -0.0237. The molecule has 1 saturated heterocycles. The lowest BCUT2D eigenvalue weighted by molar-refractivity contribution is -0.132. The molecule has 8 heteroatoms. The average Bonchev–Trinajstić information content (AvgIpc) is 3.09. The molecule has 0 bridgehead atoms. The van der Waals surface area contributed by atoms with E-state index in [9.17, 15) is 4.79 Å². The van der Waals surface area contributed by atoms with E-state index in [0.717, 1.165) is 12.8 Å². The molecule has 3 atom stereocenters. The zero-order chi connectivity index (χ0) is 14.5. The molecule has 2 rings (SSSR count). The maximum Gasteiger partial charge on any atom is 0.249 e. The van der Waals surface area contributed by atoms with E-state index >= 15 is 0 Å². The summed E-state index contributed by atoms with van der Waals surface area (Å²) in [6.45, 7) is 1.08. The van der Waals surface area contributed by atoms with Crippen LogP contribution in [0.1, 0.15) is 23.8 Å². The summed E-state index contributed by atoms with van der Waals surface area (Å²) in [4.78, 5) is 15.5. The zero-order valence-electron chi connectivity index (χ0n) is 12.9. The first-order valence-electron chi connectivity index (χ1n) is 6.95. The molecule has 1 aliphatic rings. The number of hydrogen-bond acceptors (Lipinski definition) is 5. The van der Waals surface area contributed by atoms with Gasteiger partial charge in [-0.15, -0.1) is 36.2 Å². The monoisotopic (exact) mass is 369 g/mol. The molecular formula is C14H25Cl2N3O2S. The molecule has 3 N–H and O–H groups in total. The van der Waals surface area contributed by atoms with Crippen LogP contribution in [-0.4, -0.2) is 50.2 Å². The van der Waals surface area contributed by atoms with Gasteiger partial charge >= 0.3 is 0 Å². The fourth-order valence-electron chi connectivity index (χ4n) is 2.40. The Morgan fingerprint density at radius 3 is 2.73 bits per heavy atom. The van der Waals surface area contributed by atoms with Crippen molar-refractivity contribution in [1.82, 2.24) is 10.2 Å². The molecule has 1 aliphatic heterocycles. The van der Waals surface area contributed by atoms with Gasteiger partial charge in [0.25, 0.3) is 0 Å². The van der Waals surface area contributed by atoms with Crippen LogP contribution in [0.3, 0.4) is 0 Å². The third-order valence-corrected chi connectivity index (χ3v) is 4.60. The van der Waals surface area contributed by atoms with E-state index < -0.39 is 0 Å². The highest BCUT2D eigenvalue weighted by molar-refractivity contribution is 7.10. The minimum Gasteiger partial charge on any atom is -0.364 e. The summed E-state index contributed by atoms with van der Waals surface area (Å²) in [6.07, 6.45) is 1.33. The summed E-state index contributed by atoms with van der Waals surface area (Å²) in [5.41, 5.74) is 5.56. The van der Waals surface area contributed by atoms with Gasteiger partial charge in [0.2, 0.25) is 5.91 Å². The molecule has 1 aromatic rings. The Morgan fingerprint density at radius 1 is 1.50 bits per heavy atom. The summed E-state index contributed by atoms with van der Waals surface area (Å²) in [5, 5.41) is 5.05. The number of carbonyl (C=O) groups is 1. The number of nitrogens with one attached hydrogen (secondary N) is 1. The fourth-order valence-corrected chi connectivity index (χ4v) is 3.32. The predicted molar refractivity (Wildman–Crippen MR) is 95.2 cm³/mol. The minimum atomic E-state index is -0.338. The SMILES string of the molecule is CN(C)C(CNC(=O)[C@@H]1CC[C@H](CN)O1)c1cccs1.Cl.Cl. The average molecular weight is 370 g/mol. The van der Waals surface area contributed by atoms with Gasteiger partial charge in [-0.2, -0.15) is 0 Å². The predicted octanol–water partition coefficient (Wildman–Crippen LogP) is 1.82. The number of nitrogens with two attached hydrogens (primary N) is 1. The molecule has 5 nitrogen and oxygen atoms in total. The fraction of sp³-hybridized carbons (Fsp3) is 0.643. The molecule has 1 aromatic heterocycles. The van der Waals surface area contributed by atoms with Crippen molar-refractivity contribution in [2.24, 2.45) is 5.73 Å². The first-order valence-corrected chi connectivity index (χ1v) is 7.83. The third-order valence-electron chi connectivity index (χ3n) is 3.63. The van der Waals surface area contributed by atoms with Gasteiger partial charge in [-0.05, 0) is 38.4 Å². The quantitative estimate of drug-likeness (QED) is 0.802. The van der Waals surface area contributed by atoms with Crippen molar-refractivity contribution in [1.29, 1.82) is 0 Å². The number of nitrogens with zero attached hydrogens (tertiary/aromatic N) is 1. The Kier molecular flexibility index (Phi) is 10.2. The van der Waals surface area contributed by atoms with E-state index in [1.807, 2.05) is 20.2 Å². The Bertz CT molecular complexity index is 432. The minimum absolute atomic E-state index is 0. The van der Waals surface area contributed by atoms with Gasteiger partial charge in [-0.1, -0.05) is 6.07 Å². The highest BCUT2D eigenvalue weighted by Crippen LogP contribution is 2.23. The second-order valence-corrected chi connectivity index (χ2v) is 6.28. The van der Waals surface area contributed by atoms with Crippen LogP contribution in [0.2, 0.25) is 0 Å². The van der Waals surface area contributed by atoms with Crippen LogP contribution < -0.4 is 11.1 Å². The Balaban J connectivity index is 0.00000220. The maximum absolute atomic E-state index is 12.1. The van der Waals surface area contributed by atoms with Crippen LogP contribution in [-0.2, 0) is 9.53 Å². The van der Waals surface area contributed by atoms with Gasteiger partial charge in [-0.3, -0.25) is 4.79 Å². The standard InChI is InChI=1S/C14H23N3O2S.2ClH/c1-17(2)11(13-4-3-7-20-13)9-16-14(18)12-6-5-10(8-15)19-12;;/h3-4,7,10-12H,5-6,8-9,15H2,1-2H3,(H,16,18);2*1H/t10-,11?,12+;;/m1../s1. The van der Waals surface area contributed by atoms with Crippen LogP contribution in [0, 0.1) is 0 Å². The van der Waals surface area contributed by atoms with Gasteiger partial charge in [0.05, 0.1) is 12.1 Å². The lowest BCUT2D eigenvalue weighted by atomic mass is 10.1. The Labute approximate surface area is 148 Å². The number of amides is 1. The van der Waals surface area contributed by atoms with E-state index in [4.69, 9.17) is 10.5 Å². The van der Waals surface area contributed by atoms with Crippen molar-refractivity contribution in [2.45, 2.75) is 31.1 Å². The number of likely N-dealkylation sites (N-methyl/N-ethyl adjacent to an activating group) is 1. The molecule has 2 heterocycles. The third kappa shape index (κ3) is 5.68. The van der Waals surface area contributed by atoms with Gasteiger partial charge in [-0.25, -0.2) is 0 Å². The number of thiophene rings is 1. The molecule has 1 unspecified atom stereocenters. The van der Waals surface area contributed by atoms with Crippen molar-refractivity contribution >= 4 is 42.1 Å². The normalized spacial score (nSPS) is 21.8. The van der Waals surface area contributed by atoms with Crippen molar-refractivity contribution in [3.05, 3.63) is 22.4 Å². The topological polar surface area (TPSA) is 67.6 Å². The summed E-state index contributed by atoms with van der Waals surface area (Å²) >= 11 is 1.71. The van der Waals surface area contributed by atoms with Gasteiger partial charge in [0.1, 0.15) is 6.10 Å². The molecule has 0 aromatic carbocycles. The number of halogens is 2. The van der Waals surface area contributed by atoms with Crippen molar-refractivity contribution in [3.8, 4) is 0 Å². The molecule has 1 fully saturated rings. The molecule has 1 amide bonds. The first kappa shape index (κ1) is 21.6. The van der Waals surface area contributed by atoms with Gasteiger partial charge in [0, 0.05) is 18.0 Å². The molecule has 128 valence electrons. The van der Waals surface area contributed by atoms with Crippen LogP contribution in [0.5, 0.6) is 0 Å². The first-order chi connectivity index (χ1) is 9.61. The Morgan fingerprint density at radius 2 is 2.23 bits per heavy atom. The van der Waals surface area contributed by atoms with Crippen molar-refractivity contribution < 1.29 is 9.53 Å². The number of carbonyl (C=O) groups excluding carboxylic acids is 1. The smallest absolute Gasteiger partial charge is 0.249 e. The van der Waals surface area contributed by atoms with Crippen LogP contribution >= 0.6 is 36.2 Å². The molecule has 0 radical (unpaired) electrons. The zero-order valence-corrected chi connectivity index (χ0v) is 15.3. The number of rotatable bonds is 6. The largest absolute Gasteiger partial charge is 0.364 e. The van der Waals surface area contributed by atoms with E-state index in [1.165, 1.54) is 4.88 Å². The van der Waals surface area contributed by atoms with Crippen LogP contribution in [0.25, 0.3) is 0 Å². The van der Waals surface area contributed by atoms with Crippen molar-refractivity contribution in [3.63, 3.8) is 0 Å². The highest BCUT2D eigenvalue weighted by atomic mass is 35.5. The second kappa shape index (κ2) is 10.4. The summed E-state index contributed by atoms with van der Waals surface area (Å²) in [6, 6.07) is 4.33. The van der Waals surface area contributed by atoms with Gasteiger partial charge < -0.3 is 20.7 Å². The molecular weight excluding hydrogens is 345 g/mol. The van der Waals surface area contributed by atoms with Crippen LogP contribution in [0.4, 0.5) is 0 Å². The van der Waals surface area contributed by atoms with E-state index in [1.54, 1.807) is 11.3 Å². The maximum atomic E-state index is 12.1. The second-order valence-electron chi connectivity index (χ2n) is 5.30. The lowest BCUT2D eigenvalue weighted by Gasteiger charge is -2.24. The Hall–Kier alpha value is -0.370. The number of ether oxygens (including phenoxy) is 1. The lowest BCUT2D eigenvalue weighted by Crippen LogP contribution is -2.40. The number of hydrogen-bond donors (Lipinski definition) is 2. The van der Waals surface area contributed by atoms with E-state index in [-0.39, 0.29) is 49.0 Å². The molecule has 0 spiro atoms. The van der Waals surface area contributed by atoms with E-state index in [0.29, 0.717) is 13.1 Å². The molecule has 0 saturated carbocycles. The van der Waals surface area contributed by atoms with E-state index in [2.05, 4.69) is 21.7 Å². The molecule has 0 aliphatic carbocycles. The van der Waals surface area contributed by atoms with Crippen molar-refractivity contribution in [2.75, 3.05) is 27.2 Å². The molecule has 22 heavy (non-hydrogen) atoms. The van der Waals surface area contributed by atoms with Gasteiger partial charge in [0.15, 0.2) is 0 Å². The summed E-state index contributed by atoms with van der Waals surface area (Å²) in [7, 11) is 4.04. The highest BCUT2D eigenvalue weighted by Gasteiger charge is 2.30.